The van der Waals surface area contributed by atoms with E-state index in [2.05, 4.69) is 11.8 Å². The van der Waals surface area contributed by atoms with Crippen LogP contribution >= 0.6 is 0 Å². The van der Waals surface area contributed by atoms with Gasteiger partial charge in [0.05, 0.1) is 0 Å². The van der Waals surface area contributed by atoms with Crippen molar-refractivity contribution in [1.82, 2.24) is 0 Å². The van der Waals surface area contributed by atoms with Crippen LogP contribution in [0.5, 0.6) is 0 Å². The summed E-state index contributed by atoms with van der Waals surface area (Å²) in [7, 11) is 0. The average molecular weight is 395 g/mol. The van der Waals surface area contributed by atoms with Crippen LogP contribution in [-0.4, -0.2) is 39.0 Å². The van der Waals surface area contributed by atoms with E-state index in [4.69, 9.17) is 18.9 Å². The van der Waals surface area contributed by atoms with Gasteiger partial charge in [0, 0.05) is 39.3 Å². The van der Waals surface area contributed by atoms with Crippen molar-refractivity contribution in [3.63, 3.8) is 0 Å². The van der Waals surface area contributed by atoms with Gasteiger partial charge in [-0.2, -0.15) is 0 Å². The highest BCUT2D eigenvalue weighted by Crippen LogP contribution is 2.15. The Morgan fingerprint density at radius 2 is 1.04 bits per heavy atom. The molecule has 2 unspecified atom stereocenters. The molecule has 2 atom stereocenters. The van der Waals surface area contributed by atoms with E-state index in [0.29, 0.717) is 0 Å². The molecule has 0 amide bonds. The van der Waals surface area contributed by atoms with Gasteiger partial charge >= 0.3 is 0 Å². The van der Waals surface area contributed by atoms with E-state index < -0.39 is 0 Å². The van der Waals surface area contributed by atoms with E-state index in [1.807, 2.05) is 0 Å². The summed E-state index contributed by atoms with van der Waals surface area (Å²) < 4.78 is 22.7. The average Bonchev–Trinajstić information content (AvgIpc) is 2.75. The third-order valence-electron chi connectivity index (χ3n) is 5.40. The molecule has 0 aromatic rings. The van der Waals surface area contributed by atoms with E-state index in [1.54, 1.807) is 0 Å². The molecule has 2 rings (SSSR count). The van der Waals surface area contributed by atoms with Crippen molar-refractivity contribution < 1.29 is 18.9 Å². The monoisotopic (exact) mass is 394 g/mol. The second-order valence-electron chi connectivity index (χ2n) is 8.02. The van der Waals surface area contributed by atoms with Gasteiger partial charge in [-0.3, -0.25) is 0 Å². The fourth-order valence-corrected chi connectivity index (χ4v) is 3.63. The molecular weight excluding hydrogens is 352 g/mol. The highest BCUT2D eigenvalue weighted by Gasteiger charge is 2.13. The summed E-state index contributed by atoms with van der Waals surface area (Å²) in [6.07, 6.45) is 18.9. The predicted octanol–water partition coefficient (Wildman–Crippen LogP) is 5.98. The Bertz CT molecular complexity index is 367. The van der Waals surface area contributed by atoms with Gasteiger partial charge in [0.25, 0.3) is 0 Å². The largest absolute Gasteiger partial charge is 0.353 e. The van der Waals surface area contributed by atoms with Crippen LogP contribution in [0.3, 0.4) is 0 Å². The van der Waals surface area contributed by atoms with Gasteiger partial charge in [0.15, 0.2) is 12.6 Å². The van der Waals surface area contributed by atoms with Gasteiger partial charge in [0.1, 0.15) is 0 Å². The molecule has 0 aliphatic carbocycles. The minimum absolute atomic E-state index is 0.0676. The van der Waals surface area contributed by atoms with Crippen molar-refractivity contribution in [3.05, 3.63) is 0 Å². The van der Waals surface area contributed by atoms with Gasteiger partial charge in [-0.1, -0.05) is 25.7 Å². The number of ether oxygens (including phenoxy) is 4. The summed E-state index contributed by atoms with van der Waals surface area (Å²) in [6.45, 7) is 3.42. The molecule has 162 valence electrons. The van der Waals surface area contributed by atoms with Crippen LogP contribution in [0.4, 0.5) is 0 Å². The first kappa shape index (κ1) is 23.7. The molecule has 2 aliphatic heterocycles. The van der Waals surface area contributed by atoms with Crippen molar-refractivity contribution in [2.75, 3.05) is 26.4 Å². The summed E-state index contributed by atoms with van der Waals surface area (Å²) in [5.41, 5.74) is 0. The first-order valence-electron chi connectivity index (χ1n) is 11.9. The molecule has 0 radical (unpaired) electrons. The maximum Gasteiger partial charge on any atom is 0.157 e. The van der Waals surface area contributed by atoms with Crippen LogP contribution in [-0.2, 0) is 18.9 Å². The fourth-order valence-electron chi connectivity index (χ4n) is 3.63. The maximum absolute atomic E-state index is 5.76. The summed E-state index contributed by atoms with van der Waals surface area (Å²) in [4.78, 5) is 0. The molecular formula is C24H42O4. The summed E-state index contributed by atoms with van der Waals surface area (Å²) in [6, 6.07) is 0. The van der Waals surface area contributed by atoms with E-state index in [0.717, 1.165) is 65.0 Å². The van der Waals surface area contributed by atoms with E-state index >= 15 is 0 Å². The van der Waals surface area contributed by atoms with Crippen LogP contribution in [0.15, 0.2) is 0 Å². The molecule has 0 aromatic heterocycles. The predicted molar refractivity (Wildman–Crippen MR) is 113 cm³/mol. The number of hydrogen-bond donors (Lipinski definition) is 0. The molecule has 2 heterocycles. The van der Waals surface area contributed by atoms with E-state index in [-0.39, 0.29) is 12.6 Å². The third-order valence-corrected chi connectivity index (χ3v) is 5.40. The lowest BCUT2D eigenvalue weighted by Gasteiger charge is -2.22. The van der Waals surface area contributed by atoms with Gasteiger partial charge in [-0.05, 0) is 64.2 Å². The number of hydrogen-bond acceptors (Lipinski definition) is 4. The zero-order chi connectivity index (χ0) is 19.5. The Hall–Kier alpha value is -0.600. The third kappa shape index (κ3) is 12.8. The lowest BCUT2D eigenvalue weighted by Crippen LogP contribution is -2.22. The highest BCUT2D eigenvalue weighted by atomic mass is 16.7. The molecule has 0 aromatic carbocycles. The van der Waals surface area contributed by atoms with Gasteiger partial charge in [-0.25, -0.2) is 0 Å². The Kier molecular flexibility index (Phi) is 14.6. The van der Waals surface area contributed by atoms with Crippen LogP contribution in [0.2, 0.25) is 0 Å². The Labute approximate surface area is 173 Å². The topological polar surface area (TPSA) is 36.9 Å². The second-order valence-corrected chi connectivity index (χ2v) is 8.02. The minimum Gasteiger partial charge on any atom is -0.353 e. The van der Waals surface area contributed by atoms with Crippen molar-refractivity contribution in [2.45, 2.75) is 115 Å². The molecule has 28 heavy (non-hydrogen) atoms. The van der Waals surface area contributed by atoms with E-state index in [1.165, 1.54) is 64.2 Å². The number of unbranched alkanes of at least 4 members (excludes halogenated alkanes) is 8. The Balaban J connectivity index is 1.25. The van der Waals surface area contributed by atoms with Crippen molar-refractivity contribution in [1.29, 1.82) is 0 Å². The van der Waals surface area contributed by atoms with Crippen LogP contribution < -0.4 is 0 Å². The smallest absolute Gasteiger partial charge is 0.157 e. The van der Waals surface area contributed by atoms with E-state index in [9.17, 15) is 0 Å². The zero-order valence-corrected chi connectivity index (χ0v) is 17.9. The van der Waals surface area contributed by atoms with Crippen LogP contribution in [0.25, 0.3) is 0 Å². The standard InChI is InChI=1S/C24H42O4/c1(3-5-7-9-13-19-25-23-17-11-15-21-27-23)2-4-6-8-10-14-20-26-24-18-12-16-22-28-24/h23-24H,3-22H2. The SMILES string of the molecule is C(#CCCCCCCOC1CCCCO1)CCCCCCOC1CCCCO1. The molecule has 2 aliphatic rings. The minimum atomic E-state index is 0.0676. The maximum atomic E-state index is 5.76. The molecule has 2 fully saturated rings. The van der Waals surface area contributed by atoms with Crippen molar-refractivity contribution >= 4 is 0 Å². The molecule has 0 N–H and O–H groups in total. The van der Waals surface area contributed by atoms with Crippen molar-refractivity contribution in [3.8, 4) is 11.8 Å². The zero-order valence-electron chi connectivity index (χ0n) is 17.9. The molecule has 4 nitrogen and oxygen atoms in total. The lowest BCUT2D eigenvalue weighted by atomic mass is 10.1. The van der Waals surface area contributed by atoms with Gasteiger partial charge < -0.3 is 18.9 Å². The summed E-state index contributed by atoms with van der Waals surface area (Å²) in [5.74, 6) is 6.66. The fraction of sp³-hybridized carbons (Fsp3) is 0.917. The second kappa shape index (κ2) is 17.3. The quantitative estimate of drug-likeness (QED) is 0.268. The van der Waals surface area contributed by atoms with Crippen molar-refractivity contribution in [2.24, 2.45) is 0 Å². The summed E-state index contributed by atoms with van der Waals surface area (Å²) in [5, 5.41) is 0. The van der Waals surface area contributed by atoms with Gasteiger partial charge in [-0.15, -0.1) is 11.8 Å². The number of rotatable bonds is 14. The Morgan fingerprint density at radius 1 is 0.571 bits per heavy atom. The normalized spacial score (nSPS) is 22.6. The van der Waals surface area contributed by atoms with Crippen LogP contribution in [0.1, 0.15) is 103 Å². The highest BCUT2D eigenvalue weighted by molar-refractivity contribution is 4.98. The molecule has 0 spiro atoms. The molecule has 4 heteroatoms. The summed E-state index contributed by atoms with van der Waals surface area (Å²) >= 11 is 0. The van der Waals surface area contributed by atoms with Crippen LogP contribution in [0, 0.1) is 11.8 Å². The molecule has 0 saturated carbocycles. The molecule has 0 bridgehead atoms. The van der Waals surface area contributed by atoms with Gasteiger partial charge in [0.2, 0.25) is 0 Å². The first-order chi connectivity index (χ1) is 13.9. The first-order valence-corrected chi connectivity index (χ1v) is 11.9. The Morgan fingerprint density at radius 3 is 1.46 bits per heavy atom. The molecule has 2 saturated heterocycles. The lowest BCUT2D eigenvalue weighted by molar-refractivity contribution is -0.163.